The molecule has 13 heteroatoms. The van der Waals surface area contributed by atoms with Crippen LogP contribution in [0.25, 0.3) is 11.1 Å². The van der Waals surface area contributed by atoms with Crippen molar-refractivity contribution in [2.45, 2.75) is 32.5 Å². The Balaban J connectivity index is 1.71. The van der Waals surface area contributed by atoms with Gasteiger partial charge in [-0.3, -0.25) is 9.59 Å². The number of hydrogen-bond acceptors (Lipinski definition) is 6. The first-order valence-electron chi connectivity index (χ1n) is 14.6. The average Bonchev–Trinajstić information content (AvgIpc) is 3.00. The molecular formula is C32H36F5N5O3. The van der Waals surface area contributed by atoms with Crippen molar-refractivity contribution >= 4 is 17.5 Å². The van der Waals surface area contributed by atoms with Gasteiger partial charge in [0.1, 0.15) is 11.6 Å². The van der Waals surface area contributed by atoms with Crippen molar-refractivity contribution in [2.24, 2.45) is 0 Å². The van der Waals surface area contributed by atoms with Gasteiger partial charge in [-0.25, -0.2) is 13.8 Å². The Morgan fingerprint density at radius 3 is 2.49 bits per heavy atom. The number of halogens is 5. The highest BCUT2D eigenvalue weighted by atomic mass is 19.4. The van der Waals surface area contributed by atoms with Gasteiger partial charge in [-0.1, -0.05) is 6.92 Å². The number of rotatable bonds is 10. The van der Waals surface area contributed by atoms with E-state index in [2.05, 4.69) is 10.3 Å². The zero-order chi connectivity index (χ0) is 32.9. The van der Waals surface area contributed by atoms with E-state index in [1.54, 1.807) is 36.1 Å². The van der Waals surface area contributed by atoms with E-state index < -0.39 is 46.8 Å². The SMILES string of the molecule is CCOc1ncccc1-c1ccc(N2CCN(C(=O)c3ccc(F)cc3C(F)(F)F)C[C@H]2CC)c(C(=O)NCCN(C)C)c1F. The number of aromatic nitrogens is 1. The van der Waals surface area contributed by atoms with Crippen LogP contribution in [0.4, 0.5) is 27.6 Å². The molecule has 3 aromatic rings. The van der Waals surface area contributed by atoms with Crippen LogP contribution in [-0.4, -0.2) is 86.1 Å². The highest BCUT2D eigenvalue weighted by molar-refractivity contribution is 6.02. The smallest absolute Gasteiger partial charge is 0.417 e. The molecule has 2 heterocycles. The number of anilines is 1. The molecule has 0 radical (unpaired) electrons. The molecule has 4 rings (SSSR count). The summed E-state index contributed by atoms with van der Waals surface area (Å²) in [7, 11) is 3.68. The summed E-state index contributed by atoms with van der Waals surface area (Å²) < 4.78 is 76.8. The molecule has 0 saturated carbocycles. The molecule has 0 bridgehead atoms. The number of carbonyl (C=O) groups excluding carboxylic acids is 2. The Morgan fingerprint density at radius 1 is 1.07 bits per heavy atom. The quantitative estimate of drug-likeness (QED) is 0.298. The van der Waals surface area contributed by atoms with Crippen molar-refractivity contribution in [3.05, 3.63) is 77.0 Å². The summed E-state index contributed by atoms with van der Waals surface area (Å²) in [6.07, 6.45) is -2.98. The van der Waals surface area contributed by atoms with E-state index >= 15 is 4.39 Å². The zero-order valence-electron chi connectivity index (χ0n) is 25.5. The molecule has 2 aromatic carbocycles. The van der Waals surface area contributed by atoms with Gasteiger partial charge in [-0.15, -0.1) is 0 Å². The molecule has 1 aromatic heterocycles. The highest BCUT2D eigenvalue weighted by Crippen LogP contribution is 2.38. The van der Waals surface area contributed by atoms with Gasteiger partial charge in [0.15, 0.2) is 0 Å². The summed E-state index contributed by atoms with van der Waals surface area (Å²) in [5.74, 6) is -3.19. The lowest BCUT2D eigenvalue weighted by Crippen LogP contribution is -2.55. The molecule has 0 spiro atoms. The Kier molecular flexibility index (Phi) is 10.6. The second kappa shape index (κ2) is 14.2. The minimum atomic E-state index is -4.93. The maximum Gasteiger partial charge on any atom is 0.417 e. The number of alkyl halides is 3. The van der Waals surface area contributed by atoms with Gasteiger partial charge >= 0.3 is 6.18 Å². The Bertz CT molecular complexity index is 1530. The normalized spacial score (nSPS) is 15.4. The second-order valence-electron chi connectivity index (χ2n) is 10.9. The van der Waals surface area contributed by atoms with Crippen molar-refractivity contribution in [3.63, 3.8) is 0 Å². The van der Waals surface area contributed by atoms with E-state index in [9.17, 15) is 27.2 Å². The van der Waals surface area contributed by atoms with E-state index in [0.717, 1.165) is 12.1 Å². The van der Waals surface area contributed by atoms with Crippen LogP contribution in [0.5, 0.6) is 5.88 Å². The number of ether oxygens (including phenoxy) is 1. The monoisotopic (exact) mass is 633 g/mol. The zero-order valence-corrected chi connectivity index (χ0v) is 25.5. The maximum atomic E-state index is 16.5. The fourth-order valence-corrected chi connectivity index (χ4v) is 5.37. The average molecular weight is 634 g/mol. The molecule has 0 unspecified atom stereocenters. The lowest BCUT2D eigenvalue weighted by molar-refractivity contribution is -0.138. The largest absolute Gasteiger partial charge is 0.478 e. The first-order chi connectivity index (χ1) is 21.4. The minimum Gasteiger partial charge on any atom is -0.478 e. The fourth-order valence-electron chi connectivity index (χ4n) is 5.37. The van der Waals surface area contributed by atoms with Crippen molar-refractivity contribution in [1.29, 1.82) is 0 Å². The van der Waals surface area contributed by atoms with E-state index in [0.29, 0.717) is 31.2 Å². The molecule has 1 aliphatic rings. The predicted molar refractivity (Wildman–Crippen MR) is 160 cm³/mol. The van der Waals surface area contributed by atoms with Gasteiger partial charge in [0.05, 0.1) is 29.0 Å². The predicted octanol–water partition coefficient (Wildman–Crippen LogP) is 5.48. The summed E-state index contributed by atoms with van der Waals surface area (Å²) in [5, 5.41) is 2.78. The third kappa shape index (κ3) is 7.52. The molecule has 45 heavy (non-hydrogen) atoms. The minimum absolute atomic E-state index is 0.00611. The molecule has 1 saturated heterocycles. The van der Waals surface area contributed by atoms with Crippen LogP contribution in [0, 0.1) is 11.6 Å². The van der Waals surface area contributed by atoms with Crippen LogP contribution >= 0.6 is 0 Å². The number of amides is 2. The van der Waals surface area contributed by atoms with Crippen LogP contribution in [-0.2, 0) is 6.18 Å². The van der Waals surface area contributed by atoms with Crippen LogP contribution in [0.15, 0.2) is 48.7 Å². The van der Waals surface area contributed by atoms with Gasteiger partial charge in [0, 0.05) is 56.1 Å². The number of nitrogens with one attached hydrogen (secondary N) is 1. The maximum absolute atomic E-state index is 16.5. The number of likely N-dealkylation sites (N-methyl/N-ethyl adjacent to an activating group) is 1. The first kappa shape index (κ1) is 33.6. The number of carbonyl (C=O) groups is 2. The van der Waals surface area contributed by atoms with Crippen LogP contribution in [0.3, 0.4) is 0 Å². The first-order valence-corrected chi connectivity index (χ1v) is 14.6. The topological polar surface area (TPSA) is 78.0 Å². The van der Waals surface area contributed by atoms with Gasteiger partial charge in [-0.05, 0) is 69.9 Å². The fraction of sp³-hybridized carbons (Fsp3) is 0.406. The van der Waals surface area contributed by atoms with Gasteiger partial charge in [-0.2, -0.15) is 13.2 Å². The number of hydrogen-bond donors (Lipinski definition) is 1. The van der Waals surface area contributed by atoms with Crippen molar-refractivity contribution in [2.75, 3.05) is 58.3 Å². The van der Waals surface area contributed by atoms with Crippen LogP contribution in [0.2, 0.25) is 0 Å². The molecule has 0 aliphatic carbocycles. The molecule has 8 nitrogen and oxygen atoms in total. The lowest BCUT2D eigenvalue weighted by atomic mass is 9.97. The molecule has 1 N–H and O–H groups in total. The van der Waals surface area contributed by atoms with Gasteiger partial charge in [0.2, 0.25) is 5.88 Å². The van der Waals surface area contributed by atoms with Crippen molar-refractivity contribution in [3.8, 4) is 17.0 Å². The summed E-state index contributed by atoms with van der Waals surface area (Å²) in [4.78, 5) is 36.0. The summed E-state index contributed by atoms with van der Waals surface area (Å²) in [6, 6.07) is 7.96. The number of pyridine rings is 1. The molecular weight excluding hydrogens is 597 g/mol. The van der Waals surface area contributed by atoms with E-state index in [4.69, 9.17) is 4.74 Å². The Labute approximate surface area is 258 Å². The number of nitrogens with zero attached hydrogens (tertiary/aromatic N) is 4. The summed E-state index contributed by atoms with van der Waals surface area (Å²) in [6.45, 7) is 4.78. The summed E-state index contributed by atoms with van der Waals surface area (Å²) >= 11 is 0. The highest BCUT2D eigenvalue weighted by Gasteiger charge is 2.39. The number of benzene rings is 2. The molecule has 1 atom stereocenters. The van der Waals surface area contributed by atoms with E-state index in [1.165, 1.54) is 11.1 Å². The van der Waals surface area contributed by atoms with Crippen molar-refractivity contribution in [1.82, 2.24) is 20.1 Å². The van der Waals surface area contributed by atoms with E-state index in [-0.39, 0.29) is 48.9 Å². The number of piperazine rings is 1. The Morgan fingerprint density at radius 2 is 1.82 bits per heavy atom. The third-order valence-electron chi connectivity index (χ3n) is 7.60. The second-order valence-corrected chi connectivity index (χ2v) is 10.9. The summed E-state index contributed by atoms with van der Waals surface area (Å²) in [5.41, 5.74) is -1.42. The van der Waals surface area contributed by atoms with E-state index in [1.807, 2.05) is 25.9 Å². The van der Waals surface area contributed by atoms with Crippen LogP contribution in [0.1, 0.15) is 46.5 Å². The molecule has 242 valence electrons. The van der Waals surface area contributed by atoms with Crippen LogP contribution < -0.4 is 15.0 Å². The molecule has 2 amide bonds. The van der Waals surface area contributed by atoms with Crippen molar-refractivity contribution < 1.29 is 36.3 Å². The Hall–Kier alpha value is -4.26. The molecule has 1 fully saturated rings. The van der Waals surface area contributed by atoms with Gasteiger partial charge < -0.3 is 24.8 Å². The lowest BCUT2D eigenvalue weighted by Gasteiger charge is -2.43. The third-order valence-corrected chi connectivity index (χ3v) is 7.60. The molecule has 1 aliphatic heterocycles. The van der Waals surface area contributed by atoms with Gasteiger partial charge in [0.25, 0.3) is 11.8 Å². The standard InChI is InChI=1S/C32H36F5N5O3/c1-5-21-19-41(31(44)24-10-9-20(33)18-25(24)32(35,36)37)16-17-42(21)26-12-11-22(23-8-7-13-39-30(23)45-6-2)28(34)27(26)29(43)38-14-15-40(3)4/h7-13,18,21H,5-6,14-17,19H2,1-4H3,(H,38,43)/t21-/m1/s1.